The molecule has 2 rings (SSSR count). The molecular weight excluding hydrogens is 282 g/mol. The number of nitrogens with zero attached hydrogens (tertiary/aromatic N) is 3. The maximum atomic E-state index is 11.2. The van der Waals surface area contributed by atoms with Gasteiger partial charge in [0.15, 0.2) is 0 Å². The van der Waals surface area contributed by atoms with Gasteiger partial charge in [-0.15, -0.1) is 0 Å². The van der Waals surface area contributed by atoms with Crippen LogP contribution < -0.4 is 11.1 Å². The lowest BCUT2D eigenvalue weighted by Gasteiger charge is -2.22. The van der Waals surface area contributed by atoms with E-state index in [9.17, 15) is 4.79 Å². The van der Waals surface area contributed by atoms with Crippen molar-refractivity contribution in [2.24, 2.45) is 0 Å². The Morgan fingerprint density at radius 1 is 1.41 bits per heavy atom. The predicted molar refractivity (Wildman–Crippen MR) is 87.2 cm³/mol. The molecule has 7 heteroatoms. The Hall–Kier alpha value is -2.41. The number of nitrogen functional groups attached to an aromatic ring is 1. The van der Waals surface area contributed by atoms with Crippen molar-refractivity contribution in [3.05, 3.63) is 23.8 Å². The molecule has 0 saturated carbocycles. The fourth-order valence-corrected chi connectivity index (χ4v) is 2.30. The molecule has 4 N–H and O–H groups in total. The second-order valence-electron chi connectivity index (χ2n) is 5.48. The molecule has 7 nitrogen and oxygen atoms in total. The summed E-state index contributed by atoms with van der Waals surface area (Å²) in [5.41, 5.74) is 6.58. The lowest BCUT2D eigenvalue weighted by molar-refractivity contribution is 0.0697. The number of carboxylic acid groups (broad SMARTS) is 1. The molecule has 0 amide bonds. The van der Waals surface area contributed by atoms with E-state index in [2.05, 4.69) is 27.1 Å². The molecule has 0 aliphatic heterocycles. The van der Waals surface area contributed by atoms with Gasteiger partial charge in [-0.05, 0) is 38.7 Å². The van der Waals surface area contributed by atoms with Gasteiger partial charge in [-0.3, -0.25) is 0 Å². The van der Waals surface area contributed by atoms with Crippen LogP contribution in [-0.2, 0) is 0 Å². The standard InChI is InChI=1S/C15H21N5O2/c1-4-10(8-20(2)3)17-13-11-7-9(14(21)22)5-6-12(11)18-15(16)19-13/h5-7,10H,4,8H2,1-3H3,(H,21,22)(H3,16,17,18,19)/t10-/m0/s1. The highest BCUT2D eigenvalue weighted by Crippen LogP contribution is 2.23. The van der Waals surface area contributed by atoms with Crippen molar-refractivity contribution in [1.82, 2.24) is 14.9 Å². The van der Waals surface area contributed by atoms with E-state index in [1.165, 1.54) is 6.07 Å². The van der Waals surface area contributed by atoms with E-state index in [0.29, 0.717) is 16.7 Å². The van der Waals surface area contributed by atoms with Crippen LogP contribution in [0, 0.1) is 0 Å². The van der Waals surface area contributed by atoms with Crippen molar-refractivity contribution in [2.45, 2.75) is 19.4 Å². The lowest BCUT2D eigenvalue weighted by atomic mass is 10.1. The van der Waals surface area contributed by atoms with Crippen LogP contribution in [0.3, 0.4) is 0 Å². The molecule has 1 aromatic carbocycles. The Morgan fingerprint density at radius 2 is 2.14 bits per heavy atom. The molecule has 118 valence electrons. The summed E-state index contributed by atoms with van der Waals surface area (Å²) >= 11 is 0. The predicted octanol–water partition coefficient (Wildman–Crippen LogP) is 1.66. The maximum Gasteiger partial charge on any atom is 0.335 e. The van der Waals surface area contributed by atoms with Crippen LogP contribution in [0.25, 0.3) is 10.9 Å². The van der Waals surface area contributed by atoms with Gasteiger partial charge in [0.1, 0.15) is 5.82 Å². The molecule has 0 fully saturated rings. The van der Waals surface area contributed by atoms with Crippen LogP contribution in [0.4, 0.5) is 11.8 Å². The second-order valence-corrected chi connectivity index (χ2v) is 5.48. The summed E-state index contributed by atoms with van der Waals surface area (Å²) in [6.45, 7) is 2.91. The number of carbonyl (C=O) groups is 1. The minimum Gasteiger partial charge on any atom is -0.478 e. The van der Waals surface area contributed by atoms with Gasteiger partial charge in [-0.25, -0.2) is 9.78 Å². The average molecular weight is 303 g/mol. The topological polar surface area (TPSA) is 104 Å². The lowest BCUT2D eigenvalue weighted by Crippen LogP contribution is -2.32. The Morgan fingerprint density at radius 3 is 2.73 bits per heavy atom. The molecule has 1 aromatic heterocycles. The normalized spacial score (nSPS) is 12.5. The molecule has 0 aliphatic rings. The Labute approximate surface area is 129 Å². The number of rotatable bonds is 6. The zero-order chi connectivity index (χ0) is 16.3. The van der Waals surface area contributed by atoms with Crippen LogP contribution in [0.15, 0.2) is 18.2 Å². The molecule has 0 bridgehead atoms. The minimum absolute atomic E-state index is 0.165. The SMILES string of the molecule is CC[C@@H](CN(C)C)Nc1nc(N)nc2ccc(C(=O)O)cc12. The van der Waals surface area contributed by atoms with E-state index in [4.69, 9.17) is 10.8 Å². The Bertz CT molecular complexity index is 687. The van der Waals surface area contributed by atoms with Crippen molar-refractivity contribution < 1.29 is 9.90 Å². The van der Waals surface area contributed by atoms with E-state index < -0.39 is 5.97 Å². The van der Waals surface area contributed by atoms with Gasteiger partial charge in [0.2, 0.25) is 5.95 Å². The highest BCUT2D eigenvalue weighted by Gasteiger charge is 2.14. The van der Waals surface area contributed by atoms with Crippen LogP contribution in [0.2, 0.25) is 0 Å². The van der Waals surface area contributed by atoms with Gasteiger partial charge in [0, 0.05) is 18.0 Å². The number of aromatic nitrogens is 2. The Balaban J connectivity index is 2.46. The maximum absolute atomic E-state index is 11.2. The third-order valence-corrected chi connectivity index (χ3v) is 3.38. The second kappa shape index (κ2) is 6.57. The molecule has 0 unspecified atom stereocenters. The summed E-state index contributed by atoms with van der Waals surface area (Å²) in [4.78, 5) is 21.6. The molecule has 0 aliphatic carbocycles. The van der Waals surface area contributed by atoms with Crippen molar-refractivity contribution in [2.75, 3.05) is 31.7 Å². The van der Waals surface area contributed by atoms with Crippen molar-refractivity contribution in [3.63, 3.8) is 0 Å². The number of carboxylic acids is 1. The molecule has 0 radical (unpaired) electrons. The number of nitrogens with two attached hydrogens (primary N) is 1. The Kier molecular flexibility index (Phi) is 4.77. The summed E-state index contributed by atoms with van der Waals surface area (Å²) in [6, 6.07) is 4.91. The van der Waals surface area contributed by atoms with E-state index in [0.717, 1.165) is 13.0 Å². The van der Waals surface area contributed by atoms with Crippen LogP contribution in [0.1, 0.15) is 23.7 Å². The van der Waals surface area contributed by atoms with Gasteiger partial charge in [-0.2, -0.15) is 4.98 Å². The van der Waals surface area contributed by atoms with Crippen molar-refractivity contribution >= 4 is 28.6 Å². The van der Waals surface area contributed by atoms with Gasteiger partial charge in [0.25, 0.3) is 0 Å². The van der Waals surface area contributed by atoms with E-state index in [1.807, 2.05) is 14.1 Å². The molecule has 0 spiro atoms. The largest absolute Gasteiger partial charge is 0.478 e. The average Bonchev–Trinajstić information content (AvgIpc) is 2.45. The first kappa shape index (κ1) is 16.0. The quantitative estimate of drug-likeness (QED) is 0.745. The fraction of sp³-hybridized carbons (Fsp3) is 0.400. The van der Waals surface area contributed by atoms with Crippen LogP contribution in [0.5, 0.6) is 0 Å². The third-order valence-electron chi connectivity index (χ3n) is 3.38. The highest BCUT2D eigenvalue weighted by atomic mass is 16.4. The number of anilines is 2. The van der Waals surface area contributed by atoms with Crippen molar-refractivity contribution in [1.29, 1.82) is 0 Å². The summed E-state index contributed by atoms with van der Waals surface area (Å²) < 4.78 is 0. The van der Waals surface area contributed by atoms with E-state index in [-0.39, 0.29) is 17.6 Å². The number of hydrogen-bond donors (Lipinski definition) is 3. The van der Waals surface area contributed by atoms with Gasteiger partial charge >= 0.3 is 5.97 Å². The fourth-order valence-electron chi connectivity index (χ4n) is 2.30. The molecule has 0 saturated heterocycles. The first-order chi connectivity index (χ1) is 10.4. The van der Waals surface area contributed by atoms with Crippen LogP contribution in [-0.4, -0.2) is 52.6 Å². The zero-order valence-electron chi connectivity index (χ0n) is 13.0. The molecule has 1 atom stereocenters. The van der Waals surface area contributed by atoms with Gasteiger partial charge in [-0.1, -0.05) is 6.92 Å². The first-order valence-electron chi connectivity index (χ1n) is 7.12. The molecule has 2 aromatic rings. The van der Waals surface area contributed by atoms with Crippen molar-refractivity contribution in [3.8, 4) is 0 Å². The highest BCUT2D eigenvalue weighted by molar-refractivity contribution is 5.97. The number of nitrogens with one attached hydrogen (secondary N) is 1. The van der Waals surface area contributed by atoms with E-state index in [1.54, 1.807) is 12.1 Å². The first-order valence-corrected chi connectivity index (χ1v) is 7.12. The number of aromatic carboxylic acids is 1. The monoisotopic (exact) mass is 303 g/mol. The summed E-state index contributed by atoms with van der Waals surface area (Å²) in [6.07, 6.45) is 0.905. The molecule has 22 heavy (non-hydrogen) atoms. The van der Waals surface area contributed by atoms with E-state index >= 15 is 0 Å². The third kappa shape index (κ3) is 3.62. The number of fused-ring (bicyclic) bond motifs is 1. The molecule has 1 heterocycles. The number of likely N-dealkylation sites (N-methyl/N-ethyl adjacent to an activating group) is 1. The summed E-state index contributed by atoms with van der Waals surface area (Å²) in [7, 11) is 4.00. The zero-order valence-corrected chi connectivity index (χ0v) is 13.0. The van der Waals surface area contributed by atoms with Gasteiger partial charge in [0.05, 0.1) is 11.1 Å². The smallest absolute Gasteiger partial charge is 0.335 e. The summed E-state index contributed by atoms with van der Waals surface area (Å²) in [5.74, 6) is -0.248. The minimum atomic E-state index is -0.981. The summed E-state index contributed by atoms with van der Waals surface area (Å²) in [5, 5.41) is 13.1. The van der Waals surface area contributed by atoms with Crippen LogP contribution >= 0.6 is 0 Å². The number of benzene rings is 1. The number of hydrogen-bond acceptors (Lipinski definition) is 6. The van der Waals surface area contributed by atoms with Gasteiger partial charge < -0.3 is 21.1 Å². The molecular formula is C15H21N5O2.